The first-order chi connectivity index (χ1) is 17.5. The molecule has 1 amide bonds. The van der Waals surface area contributed by atoms with Crippen LogP contribution >= 0.6 is 34.4 Å². The molecule has 0 aliphatic heterocycles. The third-order valence-electron chi connectivity index (χ3n) is 6.82. The van der Waals surface area contributed by atoms with E-state index in [1.165, 1.54) is 51.9 Å². The summed E-state index contributed by atoms with van der Waals surface area (Å²) in [4.78, 5) is 28.0. The molecular weight excluding hydrogens is 513 g/mol. The molecule has 0 spiro atoms. The molecule has 2 aliphatic carbocycles. The number of hydrogen-bond acceptors (Lipinski definition) is 8. The maximum absolute atomic E-state index is 12.9. The summed E-state index contributed by atoms with van der Waals surface area (Å²) < 4.78 is 7.06. The van der Waals surface area contributed by atoms with E-state index in [0.29, 0.717) is 28.2 Å². The van der Waals surface area contributed by atoms with Crippen molar-refractivity contribution >= 4 is 51.3 Å². The van der Waals surface area contributed by atoms with E-state index < -0.39 is 0 Å². The van der Waals surface area contributed by atoms with Crippen LogP contribution in [0.4, 0.5) is 5.00 Å². The predicted octanol–water partition coefficient (Wildman–Crippen LogP) is 5.78. The molecule has 7 nitrogen and oxygen atoms in total. The quantitative estimate of drug-likeness (QED) is 0.221. The summed E-state index contributed by atoms with van der Waals surface area (Å²) in [6.07, 6.45) is 9.14. The van der Waals surface area contributed by atoms with Crippen molar-refractivity contribution in [1.82, 2.24) is 14.8 Å². The second-order valence-electron chi connectivity index (χ2n) is 9.35. The van der Waals surface area contributed by atoms with E-state index in [4.69, 9.17) is 4.74 Å². The van der Waals surface area contributed by atoms with Crippen LogP contribution in [-0.2, 0) is 41.8 Å². The number of amides is 1. The number of thioether (sulfide) groups is 1. The lowest BCUT2D eigenvalue weighted by Gasteiger charge is -2.19. The number of nitrogens with one attached hydrogen (secondary N) is 1. The van der Waals surface area contributed by atoms with E-state index in [9.17, 15) is 9.59 Å². The lowest BCUT2D eigenvalue weighted by molar-refractivity contribution is -0.113. The molecular formula is C26H30N4O3S3. The van der Waals surface area contributed by atoms with Crippen LogP contribution in [0.5, 0.6) is 0 Å². The second kappa shape index (κ2) is 10.9. The van der Waals surface area contributed by atoms with Crippen LogP contribution in [-0.4, -0.2) is 39.5 Å². The van der Waals surface area contributed by atoms with Gasteiger partial charge in [-0.1, -0.05) is 24.8 Å². The standard InChI is InChI=1S/C26H30N4O3S3/c1-4-11-30-23(18-13-34-20-12-15(2)9-10-16(18)20)28-29-26(30)35-14-21(31)27-24-22(25(32)33-3)17-7-5-6-8-19(17)36-24/h4,13,15H,1,5-12,14H2,2-3H3,(H,27,31). The SMILES string of the molecule is C=CCn1c(SCC(=O)Nc2sc3c(c2C(=O)OC)CCCC3)nnc1-c1csc2c1CCC(C)C2. The lowest BCUT2D eigenvalue weighted by atomic mass is 9.88. The number of aromatic nitrogens is 3. The second-order valence-corrected chi connectivity index (χ2v) is 12.4. The number of thiophene rings is 2. The smallest absolute Gasteiger partial charge is 0.341 e. The molecule has 5 rings (SSSR count). The highest BCUT2D eigenvalue weighted by atomic mass is 32.2. The molecule has 1 N–H and O–H groups in total. The number of esters is 1. The average Bonchev–Trinajstić information content (AvgIpc) is 3.57. The van der Waals surface area contributed by atoms with Crippen LogP contribution in [0.15, 0.2) is 23.2 Å². The van der Waals surface area contributed by atoms with Crippen molar-refractivity contribution in [3.8, 4) is 11.4 Å². The van der Waals surface area contributed by atoms with Gasteiger partial charge in [-0.25, -0.2) is 4.79 Å². The van der Waals surface area contributed by atoms with Gasteiger partial charge in [-0.3, -0.25) is 9.36 Å². The fourth-order valence-corrected chi connectivity index (χ4v) is 8.30. The third kappa shape index (κ3) is 4.90. The lowest BCUT2D eigenvalue weighted by Crippen LogP contribution is -2.17. The fraction of sp³-hybridized carbons (Fsp3) is 0.462. The molecule has 0 fully saturated rings. The Balaban J connectivity index is 1.33. The number of nitrogens with zero attached hydrogens (tertiary/aromatic N) is 3. The molecule has 1 unspecified atom stereocenters. The highest BCUT2D eigenvalue weighted by Gasteiger charge is 2.28. The van der Waals surface area contributed by atoms with E-state index >= 15 is 0 Å². The zero-order valence-electron chi connectivity index (χ0n) is 20.6. The largest absolute Gasteiger partial charge is 0.465 e. The van der Waals surface area contributed by atoms with Crippen molar-refractivity contribution in [2.24, 2.45) is 5.92 Å². The van der Waals surface area contributed by atoms with E-state index in [0.717, 1.165) is 55.5 Å². The Hall–Kier alpha value is -2.43. The van der Waals surface area contributed by atoms with Gasteiger partial charge < -0.3 is 10.1 Å². The predicted molar refractivity (Wildman–Crippen MR) is 146 cm³/mol. The summed E-state index contributed by atoms with van der Waals surface area (Å²) >= 11 is 4.65. The Bertz CT molecular complexity index is 1310. The minimum absolute atomic E-state index is 0.164. The summed E-state index contributed by atoms with van der Waals surface area (Å²) in [6.45, 7) is 6.78. The summed E-state index contributed by atoms with van der Waals surface area (Å²) in [5, 5.41) is 15.4. The Labute approximate surface area is 223 Å². The van der Waals surface area contributed by atoms with Gasteiger partial charge in [0.15, 0.2) is 11.0 Å². The maximum atomic E-state index is 12.9. The van der Waals surface area contributed by atoms with E-state index in [2.05, 4.69) is 34.4 Å². The van der Waals surface area contributed by atoms with Crippen LogP contribution in [0.3, 0.4) is 0 Å². The van der Waals surface area contributed by atoms with Crippen LogP contribution in [0.1, 0.15) is 57.4 Å². The van der Waals surface area contributed by atoms with Crippen molar-refractivity contribution in [1.29, 1.82) is 0 Å². The molecule has 3 aromatic rings. The van der Waals surface area contributed by atoms with Gasteiger partial charge in [0, 0.05) is 27.2 Å². The topological polar surface area (TPSA) is 86.1 Å². The molecule has 0 aromatic carbocycles. The molecule has 0 radical (unpaired) electrons. The Kier molecular flexibility index (Phi) is 7.64. The molecule has 0 saturated heterocycles. The van der Waals surface area contributed by atoms with Crippen LogP contribution in [0.2, 0.25) is 0 Å². The molecule has 36 heavy (non-hydrogen) atoms. The normalized spacial score (nSPS) is 16.8. The zero-order chi connectivity index (χ0) is 25.2. The molecule has 0 saturated carbocycles. The van der Waals surface area contributed by atoms with Gasteiger partial charge in [-0.15, -0.1) is 39.4 Å². The minimum atomic E-state index is -0.388. The van der Waals surface area contributed by atoms with Crippen LogP contribution in [0, 0.1) is 5.92 Å². The number of anilines is 1. The van der Waals surface area contributed by atoms with Crippen molar-refractivity contribution < 1.29 is 14.3 Å². The molecule has 2 aliphatic rings. The van der Waals surface area contributed by atoms with Gasteiger partial charge in [0.2, 0.25) is 5.91 Å². The molecule has 3 aromatic heterocycles. The molecule has 190 valence electrons. The molecule has 0 bridgehead atoms. The number of aryl methyl sites for hydroxylation is 1. The van der Waals surface area contributed by atoms with Crippen molar-refractivity contribution in [3.63, 3.8) is 0 Å². The Morgan fingerprint density at radius 3 is 2.89 bits per heavy atom. The minimum Gasteiger partial charge on any atom is -0.465 e. The molecule has 3 heterocycles. The summed E-state index contributed by atoms with van der Waals surface area (Å²) in [5.41, 5.74) is 4.09. The summed E-state index contributed by atoms with van der Waals surface area (Å²) in [7, 11) is 1.38. The summed E-state index contributed by atoms with van der Waals surface area (Å²) in [6, 6.07) is 0. The molecule has 1 atom stereocenters. The fourth-order valence-electron chi connectivity index (χ4n) is 5.02. The number of ether oxygens (including phenoxy) is 1. The first kappa shape index (κ1) is 25.2. The average molecular weight is 543 g/mol. The number of allylic oxidation sites excluding steroid dienone is 1. The number of fused-ring (bicyclic) bond motifs is 2. The van der Waals surface area contributed by atoms with Gasteiger partial charge in [0.1, 0.15) is 5.00 Å². The van der Waals surface area contributed by atoms with Gasteiger partial charge in [-0.2, -0.15) is 0 Å². The third-order valence-corrected chi connectivity index (χ3v) is 10.0. The number of hydrogen-bond donors (Lipinski definition) is 1. The zero-order valence-corrected chi connectivity index (χ0v) is 23.0. The van der Waals surface area contributed by atoms with Gasteiger partial charge in [0.25, 0.3) is 0 Å². The monoisotopic (exact) mass is 542 g/mol. The van der Waals surface area contributed by atoms with E-state index in [1.54, 1.807) is 0 Å². The molecule has 10 heteroatoms. The number of methoxy groups -OCH3 is 1. The Morgan fingerprint density at radius 1 is 1.25 bits per heavy atom. The van der Waals surface area contributed by atoms with E-state index in [1.807, 2.05) is 22.0 Å². The number of carbonyl (C=O) groups excluding carboxylic acids is 2. The van der Waals surface area contributed by atoms with Crippen LogP contribution in [0.25, 0.3) is 11.4 Å². The van der Waals surface area contributed by atoms with Crippen LogP contribution < -0.4 is 5.32 Å². The van der Waals surface area contributed by atoms with Gasteiger partial charge in [0.05, 0.1) is 18.4 Å². The maximum Gasteiger partial charge on any atom is 0.341 e. The van der Waals surface area contributed by atoms with Gasteiger partial charge >= 0.3 is 5.97 Å². The van der Waals surface area contributed by atoms with Gasteiger partial charge in [-0.05, 0) is 62.0 Å². The Morgan fingerprint density at radius 2 is 2.08 bits per heavy atom. The van der Waals surface area contributed by atoms with Crippen molar-refractivity contribution in [2.75, 3.05) is 18.2 Å². The number of rotatable bonds is 8. The van der Waals surface area contributed by atoms with Crippen molar-refractivity contribution in [3.05, 3.63) is 44.5 Å². The van der Waals surface area contributed by atoms with Crippen molar-refractivity contribution in [2.45, 2.75) is 63.6 Å². The highest BCUT2D eigenvalue weighted by Crippen LogP contribution is 2.40. The highest BCUT2D eigenvalue weighted by molar-refractivity contribution is 7.99. The van der Waals surface area contributed by atoms with E-state index in [-0.39, 0.29) is 17.6 Å². The summed E-state index contributed by atoms with van der Waals surface area (Å²) in [5.74, 6) is 1.15. The first-order valence-corrected chi connectivity index (χ1v) is 15.0. The number of carbonyl (C=O) groups is 2. The first-order valence-electron chi connectivity index (χ1n) is 12.3.